The Kier molecular flexibility index (Phi) is 5.81. The first-order chi connectivity index (χ1) is 17.6. The van der Waals surface area contributed by atoms with Crippen LogP contribution < -0.4 is 10.9 Å². The van der Waals surface area contributed by atoms with Crippen molar-refractivity contribution in [3.8, 4) is 5.69 Å². The average Bonchev–Trinajstić information content (AvgIpc) is 3.67. The summed E-state index contributed by atoms with van der Waals surface area (Å²) in [6, 6.07) is 25.3. The molecule has 36 heavy (non-hydrogen) atoms. The van der Waals surface area contributed by atoms with Crippen LogP contribution in [0, 0.1) is 12.8 Å². The van der Waals surface area contributed by atoms with Crippen LogP contribution in [-0.2, 0) is 4.79 Å². The lowest BCUT2D eigenvalue weighted by molar-refractivity contribution is -0.119. The van der Waals surface area contributed by atoms with Gasteiger partial charge in [-0.25, -0.2) is 4.57 Å². The van der Waals surface area contributed by atoms with Crippen LogP contribution >= 0.6 is 11.8 Å². The molecule has 1 aliphatic carbocycles. The summed E-state index contributed by atoms with van der Waals surface area (Å²) in [7, 11) is 0. The molecule has 0 spiro atoms. The number of rotatable bonds is 7. The summed E-state index contributed by atoms with van der Waals surface area (Å²) in [5, 5.41) is 13.2. The number of amides is 1. The van der Waals surface area contributed by atoms with E-state index in [1.807, 2.05) is 78.1 Å². The van der Waals surface area contributed by atoms with Crippen molar-refractivity contribution in [3.63, 3.8) is 0 Å². The van der Waals surface area contributed by atoms with Gasteiger partial charge in [0.1, 0.15) is 0 Å². The van der Waals surface area contributed by atoms with Crippen molar-refractivity contribution in [2.45, 2.75) is 31.0 Å². The number of fused-ring (bicyclic) bond motifs is 3. The van der Waals surface area contributed by atoms with Gasteiger partial charge < -0.3 is 5.32 Å². The number of aryl methyl sites for hydroxylation is 1. The molecular weight excluding hydrogens is 470 g/mol. The van der Waals surface area contributed by atoms with Gasteiger partial charge in [-0.3, -0.25) is 14.0 Å². The zero-order chi connectivity index (χ0) is 24.6. The second kappa shape index (κ2) is 9.28. The van der Waals surface area contributed by atoms with E-state index in [0.717, 1.165) is 35.2 Å². The Balaban J connectivity index is 1.35. The summed E-state index contributed by atoms with van der Waals surface area (Å²) in [5.41, 5.74) is 3.43. The molecule has 0 aliphatic heterocycles. The zero-order valence-corrected chi connectivity index (χ0v) is 20.6. The fourth-order valence-electron chi connectivity index (χ4n) is 4.71. The number of hydrogen-bond acceptors (Lipinski definition) is 5. The number of benzene rings is 3. The molecule has 0 radical (unpaired) electrons. The zero-order valence-electron chi connectivity index (χ0n) is 19.8. The lowest BCUT2D eigenvalue weighted by Gasteiger charge is -2.18. The van der Waals surface area contributed by atoms with Crippen LogP contribution in [0.15, 0.2) is 88.8 Å². The van der Waals surface area contributed by atoms with Gasteiger partial charge in [0.25, 0.3) is 5.56 Å². The lowest BCUT2D eigenvalue weighted by Crippen LogP contribution is -2.31. The molecule has 1 fully saturated rings. The summed E-state index contributed by atoms with van der Waals surface area (Å²) < 4.78 is 3.48. The van der Waals surface area contributed by atoms with E-state index in [-0.39, 0.29) is 23.3 Å². The highest BCUT2D eigenvalue weighted by Crippen LogP contribution is 2.41. The fourth-order valence-corrected chi connectivity index (χ4v) is 5.46. The van der Waals surface area contributed by atoms with Crippen molar-refractivity contribution in [1.29, 1.82) is 0 Å². The first-order valence-corrected chi connectivity index (χ1v) is 13.0. The lowest BCUT2D eigenvalue weighted by atomic mass is 10.0. The predicted octanol–water partition coefficient (Wildman–Crippen LogP) is 4.70. The monoisotopic (exact) mass is 495 g/mol. The Morgan fingerprint density at radius 1 is 1.00 bits per heavy atom. The molecular formula is C28H25N5O2S. The minimum absolute atomic E-state index is 0.0292. The van der Waals surface area contributed by atoms with Crippen molar-refractivity contribution in [1.82, 2.24) is 24.5 Å². The van der Waals surface area contributed by atoms with E-state index in [2.05, 4.69) is 27.6 Å². The van der Waals surface area contributed by atoms with E-state index in [9.17, 15) is 9.59 Å². The molecule has 2 heterocycles. The van der Waals surface area contributed by atoms with Gasteiger partial charge in [-0.05, 0) is 55.0 Å². The number of aromatic nitrogens is 4. The molecule has 3 aromatic carbocycles. The largest absolute Gasteiger partial charge is 0.348 e. The molecule has 0 saturated heterocycles. The van der Waals surface area contributed by atoms with Crippen LogP contribution in [0.5, 0.6) is 0 Å². The number of nitrogens with zero attached hydrogens (tertiary/aromatic N) is 4. The highest BCUT2D eigenvalue weighted by Gasteiger charge is 2.33. The third kappa shape index (κ3) is 4.07. The van der Waals surface area contributed by atoms with Gasteiger partial charge in [0.05, 0.1) is 28.4 Å². The van der Waals surface area contributed by atoms with Gasteiger partial charge in [0.2, 0.25) is 11.7 Å². The maximum Gasteiger partial charge on any atom is 0.267 e. The third-order valence-electron chi connectivity index (χ3n) is 6.65. The van der Waals surface area contributed by atoms with Crippen molar-refractivity contribution in [2.24, 2.45) is 5.92 Å². The highest BCUT2D eigenvalue weighted by molar-refractivity contribution is 7.99. The van der Waals surface area contributed by atoms with E-state index in [1.165, 1.54) is 11.8 Å². The normalized spacial score (nSPS) is 14.2. The van der Waals surface area contributed by atoms with Gasteiger partial charge in [0, 0.05) is 0 Å². The number of hydrogen-bond donors (Lipinski definition) is 1. The first-order valence-electron chi connectivity index (χ1n) is 12.0. The molecule has 1 amide bonds. The van der Waals surface area contributed by atoms with Crippen molar-refractivity contribution in [3.05, 3.63) is 100 Å². The molecule has 6 rings (SSSR count). The quantitative estimate of drug-likeness (QED) is 0.331. The molecule has 7 nitrogen and oxygen atoms in total. The molecule has 1 unspecified atom stereocenters. The number of carbonyl (C=O) groups excluding carboxylic acids is 1. The maximum atomic E-state index is 13.5. The number of carbonyl (C=O) groups is 1. The van der Waals surface area contributed by atoms with Crippen molar-refractivity contribution >= 4 is 34.3 Å². The van der Waals surface area contributed by atoms with Crippen molar-refractivity contribution < 1.29 is 4.79 Å². The number of para-hydroxylation sites is 2. The standard InChI is InChI=1S/C28H25N5O2S/c1-18-9-5-7-13-22(18)32-26(35)21-12-6-8-14-23(21)33-27(32)30-31-28(33)36-17-24(34)29-25(20-15-16-20)19-10-3-2-4-11-19/h2-14,20,25H,15-17H2,1H3,(H,29,34). The molecule has 1 atom stereocenters. The summed E-state index contributed by atoms with van der Waals surface area (Å²) in [6.07, 6.45) is 2.26. The average molecular weight is 496 g/mol. The Morgan fingerprint density at radius 3 is 2.50 bits per heavy atom. The van der Waals surface area contributed by atoms with Crippen LogP contribution in [0.4, 0.5) is 0 Å². The molecule has 2 aromatic heterocycles. The van der Waals surface area contributed by atoms with E-state index in [0.29, 0.717) is 22.2 Å². The summed E-state index contributed by atoms with van der Waals surface area (Å²) in [4.78, 5) is 26.5. The molecule has 1 saturated carbocycles. The van der Waals surface area contributed by atoms with Crippen LogP contribution in [0.25, 0.3) is 22.4 Å². The molecule has 5 aromatic rings. The molecule has 1 N–H and O–H groups in total. The fraction of sp³-hybridized carbons (Fsp3) is 0.214. The topological polar surface area (TPSA) is 81.3 Å². The van der Waals surface area contributed by atoms with Crippen LogP contribution in [0.1, 0.15) is 30.0 Å². The summed E-state index contributed by atoms with van der Waals surface area (Å²) in [6.45, 7) is 1.97. The minimum Gasteiger partial charge on any atom is -0.348 e. The number of nitrogens with one attached hydrogen (secondary N) is 1. The van der Waals surface area contributed by atoms with Crippen molar-refractivity contribution in [2.75, 3.05) is 5.75 Å². The van der Waals surface area contributed by atoms with Crippen LogP contribution in [-0.4, -0.2) is 30.8 Å². The van der Waals surface area contributed by atoms with Crippen LogP contribution in [0.2, 0.25) is 0 Å². The molecule has 0 bridgehead atoms. The molecule has 8 heteroatoms. The Bertz CT molecular complexity index is 1640. The van der Waals surface area contributed by atoms with Gasteiger partial charge in [0.15, 0.2) is 5.16 Å². The number of thioether (sulfide) groups is 1. The van der Waals surface area contributed by atoms with Gasteiger partial charge in [-0.15, -0.1) is 10.2 Å². The third-order valence-corrected chi connectivity index (χ3v) is 7.58. The summed E-state index contributed by atoms with van der Waals surface area (Å²) in [5.74, 6) is 1.07. The van der Waals surface area contributed by atoms with E-state index in [1.54, 1.807) is 4.57 Å². The summed E-state index contributed by atoms with van der Waals surface area (Å²) >= 11 is 1.32. The Morgan fingerprint density at radius 2 is 1.72 bits per heavy atom. The van der Waals surface area contributed by atoms with E-state index >= 15 is 0 Å². The molecule has 1 aliphatic rings. The minimum atomic E-state index is -0.149. The Hall–Kier alpha value is -3.91. The smallest absolute Gasteiger partial charge is 0.267 e. The SMILES string of the molecule is Cc1ccccc1-n1c(=O)c2ccccc2n2c(SCC(=O)NC(c3ccccc3)C3CC3)nnc12. The highest BCUT2D eigenvalue weighted by atomic mass is 32.2. The van der Waals surface area contributed by atoms with Gasteiger partial charge in [-0.2, -0.15) is 0 Å². The Labute approximate surface area is 212 Å². The van der Waals surface area contributed by atoms with E-state index < -0.39 is 0 Å². The van der Waals surface area contributed by atoms with Gasteiger partial charge >= 0.3 is 0 Å². The van der Waals surface area contributed by atoms with Crippen LogP contribution in [0.3, 0.4) is 0 Å². The molecule has 180 valence electrons. The maximum absolute atomic E-state index is 13.5. The van der Waals surface area contributed by atoms with E-state index in [4.69, 9.17) is 0 Å². The first kappa shape index (κ1) is 22.5. The second-order valence-electron chi connectivity index (χ2n) is 9.14. The predicted molar refractivity (Wildman–Crippen MR) is 142 cm³/mol. The second-order valence-corrected chi connectivity index (χ2v) is 10.1. The van der Waals surface area contributed by atoms with Gasteiger partial charge in [-0.1, -0.05) is 72.4 Å².